The zero-order valence-corrected chi connectivity index (χ0v) is 11.5. The minimum absolute atomic E-state index is 0.182. The van der Waals surface area contributed by atoms with Crippen LogP contribution in [0.4, 0.5) is 0 Å². The molecule has 3 unspecified atom stereocenters. The van der Waals surface area contributed by atoms with E-state index in [-0.39, 0.29) is 11.3 Å². The molecule has 0 aromatic carbocycles. The van der Waals surface area contributed by atoms with E-state index in [0.29, 0.717) is 0 Å². The summed E-state index contributed by atoms with van der Waals surface area (Å²) in [4.78, 5) is 0. The fourth-order valence-corrected chi connectivity index (χ4v) is 2.44. The third-order valence-corrected chi connectivity index (χ3v) is 4.78. The van der Waals surface area contributed by atoms with Gasteiger partial charge in [-0.25, -0.2) is 0 Å². The summed E-state index contributed by atoms with van der Waals surface area (Å²) < 4.78 is 12.0. The first kappa shape index (κ1) is 13.2. The number of thiophene rings is 1. The fourth-order valence-electron chi connectivity index (χ4n) is 1.13. The molecule has 1 aromatic heterocycles. The first-order chi connectivity index (χ1) is 7.00. The standard InChI is InChI=1S/C10H16ClNOS2/c1-7(15(3)13)5-12-8(2)9-4-10(11)14-6-9/h4,6-8,12H,5H2,1-3H3. The molecule has 1 rings (SSSR count). The first-order valence-electron chi connectivity index (χ1n) is 4.80. The highest BCUT2D eigenvalue weighted by Gasteiger charge is 2.10. The Morgan fingerprint density at radius 1 is 1.60 bits per heavy atom. The van der Waals surface area contributed by atoms with Gasteiger partial charge < -0.3 is 5.32 Å². The van der Waals surface area contributed by atoms with Crippen LogP contribution in [0.15, 0.2) is 11.4 Å². The predicted octanol–water partition coefficient (Wildman–Crippen LogP) is 2.82. The average Bonchev–Trinajstić information content (AvgIpc) is 2.60. The minimum Gasteiger partial charge on any atom is -0.309 e. The second-order valence-electron chi connectivity index (χ2n) is 3.62. The molecular weight excluding hydrogens is 250 g/mol. The Morgan fingerprint density at radius 2 is 2.27 bits per heavy atom. The number of halogens is 1. The van der Waals surface area contributed by atoms with Gasteiger partial charge in [0.2, 0.25) is 0 Å². The first-order valence-corrected chi connectivity index (χ1v) is 7.68. The Labute approximate surface area is 102 Å². The molecule has 0 aliphatic heterocycles. The lowest BCUT2D eigenvalue weighted by atomic mass is 10.2. The highest BCUT2D eigenvalue weighted by molar-refractivity contribution is 7.84. The van der Waals surface area contributed by atoms with E-state index in [1.165, 1.54) is 16.9 Å². The topological polar surface area (TPSA) is 29.1 Å². The second-order valence-corrected chi connectivity index (χ2v) is 6.97. The molecule has 0 aliphatic carbocycles. The van der Waals surface area contributed by atoms with Gasteiger partial charge in [-0.1, -0.05) is 11.6 Å². The molecule has 1 aromatic rings. The SMILES string of the molecule is CC(NCC(C)S(C)=O)c1csc(Cl)c1. The maximum absolute atomic E-state index is 11.1. The molecule has 0 spiro atoms. The van der Waals surface area contributed by atoms with E-state index in [1.54, 1.807) is 6.26 Å². The van der Waals surface area contributed by atoms with Crippen LogP contribution in [0.25, 0.3) is 0 Å². The van der Waals surface area contributed by atoms with Crippen molar-refractivity contribution in [3.63, 3.8) is 0 Å². The largest absolute Gasteiger partial charge is 0.309 e. The monoisotopic (exact) mass is 265 g/mol. The van der Waals surface area contributed by atoms with Gasteiger partial charge in [-0.3, -0.25) is 4.21 Å². The van der Waals surface area contributed by atoms with Crippen molar-refractivity contribution in [2.75, 3.05) is 12.8 Å². The Kier molecular flexibility index (Phi) is 5.26. The molecule has 15 heavy (non-hydrogen) atoms. The van der Waals surface area contributed by atoms with E-state index >= 15 is 0 Å². The summed E-state index contributed by atoms with van der Waals surface area (Å²) >= 11 is 7.40. The van der Waals surface area contributed by atoms with Crippen LogP contribution in [0.3, 0.4) is 0 Å². The van der Waals surface area contributed by atoms with E-state index < -0.39 is 10.8 Å². The van der Waals surface area contributed by atoms with Crippen molar-refractivity contribution in [3.8, 4) is 0 Å². The maximum atomic E-state index is 11.1. The van der Waals surface area contributed by atoms with Gasteiger partial charge in [0, 0.05) is 34.9 Å². The number of rotatable bonds is 5. The van der Waals surface area contributed by atoms with Crippen molar-refractivity contribution in [2.45, 2.75) is 25.1 Å². The van der Waals surface area contributed by atoms with Crippen molar-refractivity contribution >= 4 is 33.7 Å². The van der Waals surface area contributed by atoms with Crippen LogP contribution >= 0.6 is 22.9 Å². The summed E-state index contributed by atoms with van der Waals surface area (Å²) in [7, 11) is -0.764. The summed E-state index contributed by atoms with van der Waals surface area (Å²) in [5.74, 6) is 0. The van der Waals surface area contributed by atoms with Gasteiger partial charge in [0.05, 0.1) is 4.34 Å². The Hall–Kier alpha value is 0.1000. The lowest BCUT2D eigenvalue weighted by Gasteiger charge is -2.15. The average molecular weight is 266 g/mol. The van der Waals surface area contributed by atoms with E-state index in [0.717, 1.165) is 10.9 Å². The molecule has 0 aliphatic rings. The quantitative estimate of drug-likeness (QED) is 0.887. The van der Waals surface area contributed by atoms with Gasteiger partial charge in [0.15, 0.2) is 0 Å². The molecule has 0 fully saturated rings. The zero-order valence-electron chi connectivity index (χ0n) is 9.12. The Morgan fingerprint density at radius 3 is 2.73 bits per heavy atom. The van der Waals surface area contributed by atoms with E-state index in [2.05, 4.69) is 12.2 Å². The van der Waals surface area contributed by atoms with Crippen molar-refractivity contribution < 1.29 is 4.21 Å². The van der Waals surface area contributed by atoms with Crippen LogP contribution in [0.5, 0.6) is 0 Å². The van der Waals surface area contributed by atoms with Gasteiger partial charge in [0.25, 0.3) is 0 Å². The van der Waals surface area contributed by atoms with Crippen molar-refractivity contribution in [3.05, 3.63) is 21.3 Å². The molecule has 1 N–H and O–H groups in total. The van der Waals surface area contributed by atoms with E-state index in [9.17, 15) is 4.21 Å². The van der Waals surface area contributed by atoms with Crippen LogP contribution in [-0.4, -0.2) is 22.3 Å². The summed E-state index contributed by atoms with van der Waals surface area (Å²) in [6.45, 7) is 4.83. The second kappa shape index (κ2) is 5.99. The molecule has 5 heteroatoms. The van der Waals surface area contributed by atoms with Crippen LogP contribution in [0, 0.1) is 0 Å². The maximum Gasteiger partial charge on any atom is 0.0931 e. The van der Waals surface area contributed by atoms with Gasteiger partial charge >= 0.3 is 0 Å². The smallest absolute Gasteiger partial charge is 0.0931 e. The summed E-state index contributed by atoms with van der Waals surface area (Å²) in [5, 5.41) is 5.58. The zero-order chi connectivity index (χ0) is 11.4. The molecule has 1 heterocycles. The lowest BCUT2D eigenvalue weighted by Crippen LogP contribution is -2.29. The van der Waals surface area contributed by atoms with E-state index in [4.69, 9.17) is 11.6 Å². The van der Waals surface area contributed by atoms with Gasteiger partial charge in [-0.15, -0.1) is 11.3 Å². The van der Waals surface area contributed by atoms with Crippen LogP contribution in [-0.2, 0) is 10.8 Å². The number of nitrogens with one attached hydrogen (secondary N) is 1. The molecule has 3 atom stereocenters. The van der Waals surface area contributed by atoms with Gasteiger partial charge in [-0.2, -0.15) is 0 Å². The molecule has 0 saturated heterocycles. The van der Waals surface area contributed by atoms with Crippen molar-refractivity contribution in [1.82, 2.24) is 5.32 Å². The predicted molar refractivity (Wildman–Crippen MR) is 69.3 cm³/mol. The number of hydrogen-bond acceptors (Lipinski definition) is 3. The molecular formula is C10H16ClNOS2. The van der Waals surface area contributed by atoms with Crippen molar-refractivity contribution in [2.24, 2.45) is 0 Å². The molecule has 0 saturated carbocycles. The summed E-state index contributed by atoms with van der Waals surface area (Å²) in [6, 6.07) is 2.23. The summed E-state index contributed by atoms with van der Waals surface area (Å²) in [6.07, 6.45) is 1.73. The minimum atomic E-state index is -0.764. The molecule has 86 valence electrons. The summed E-state index contributed by atoms with van der Waals surface area (Å²) in [5.41, 5.74) is 1.19. The molecule has 0 bridgehead atoms. The number of hydrogen-bond donors (Lipinski definition) is 1. The van der Waals surface area contributed by atoms with Crippen LogP contribution in [0.2, 0.25) is 4.34 Å². The fraction of sp³-hybridized carbons (Fsp3) is 0.600. The van der Waals surface area contributed by atoms with Gasteiger partial charge in [0.1, 0.15) is 0 Å². The Bertz CT molecular complexity index is 340. The third kappa shape index (κ3) is 4.23. The molecule has 2 nitrogen and oxygen atoms in total. The third-order valence-electron chi connectivity index (χ3n) is 2.37. The Balaban J connectivity index is 2.43. The van der Waals surface area contributed by atoms with Crippen LogP contribution < -0.4 is 5.32 Å². The molecule has 0 amide bonds. The van der Waals surface area contributed by atoms with Crippen molar-refractivity contribution in [1.29, 1.82) is 0 Å². The van der Waals surface area contributed by atoms with E-state index in [1.807, 2.05) is 18.4 Å². The lowest BCUT2D eigenvalue weighted by molar-refractivity contribution is 0.570. The normalized spacial score (nSPS) is 17.3. The highest BCUT2D eigenvalue weighted by Crippen LogP contribution is 2.24. The molecule has 0 radical (unpaired) electrons. The highest BCUT2D eigenvalue weighted by atomic mass is 35.5. The van der Waals surface area contributed by atoms with Gasteiger partial charge in [-0.05, 0) is 30.9 Å². The van der Waals surface area contributed by atoms with Crippen LogP contribution in [0.1, 0.15) is 25.5 Å².